The van der Waals surface area contributed by atoms with Gasteiger partial charge in [-0.15, -0.1) is 0 Å². The molecule has 0 aliphatic carbocycles. The van der Waals surface area contributed by atoms with Crippen LogP contribution in [0.15, 0.2) is 24.3 Å². The van der Waals surface area contributed by atoms with Gasteiger partial charge in [0.25, 0.3) is 0 Å². The van der Waals surface area contributed by atoms with Crippen LogP contribution in [-0.4, -0.2) is 24.4 Å². The van der Waals surface area contributed by atoms with Crippen molar-refractivity contribution >= 4 is 0 Å². The second kappa shape index (κ2) is 10.6. The number of aliphatic hydroxyl groups excluding tert-OH is 1. The third kappa shape index (κ3) is 6.49. The highest BCUT2D eigenvalue weighted by atomic mass is 16.5. The lowest BCUT2D eigenvalue weighted by molar-refractivity contribution is 0.132. The van der Waals surface area contributed by atoms with Crippen LogP contribution < -0.4 is 10.5 Å². The maximum Gasteiger partial charge on any atom is 0.119 e. The summed E-state index contributed by atoms with van der Waals surface area (Å²) in [4.78, 5) is 0. The number of unbranched alkanes of at least 4 members (excludes halogenated alkanes) is 4. The molecule has 0 amide bonds. The first kappa shape index (κ1) is 18.0. The molecule has 0 fully saturated rings. The van der Waals surface area contributed by atoms with Crippen LogP contribution >= 0.6 is 0 Å². The second-order valence-corrected chi connectivity index (χ2v) is 5.61. The van der Waals surface area contributed by atoms with Crippen molar-refractivity contribution in [3.8, 4) is 5.75 Å². The summed E-state index contributed by atoms with van der Waals surface area (Å²) in [6.45, 7) is 5.33. The van der Waals surface area contributed by atoms with Crippen LogP contribution in [0.1, 0.15) is 63.9 Å². The molecule has 3 nitrogen and oxygen atoms in total. The van der Waals surface area contributed by atoms with Gasteiger partial charge in [0, 0.05) is 12.5 Å². The lowest BCUT2D eigenvalue weighted by atomic mass is 9.90. The molecule has 21 heavy (non-hydrogen) atoms. The molecule has 0 aliphatic rings. The van der Waals surface area contributed by atoms with Crippen LogP contribution in [0.2, 0.25) is 0 Å². The monoisotopic (exact) mass is 293 g/mol. The molecule has 0 saturated heterocycles. The summed E-state index contributed by atoms with van der Waals surface area (Å²) in [6.07, 6.45) is 6.56. The summed E-state index contributed by atoms with van der Waals surface area (Å²) in [5.74, 6) is 0.887. The minimum absolute atomic E-state index is 0.0202. The Balaban J connectivity index is 2.48. The van der Waals surface area contributed by atoms with Crippen molar-refractivity contribution in [3.05, 3.63) is 29.8 Å². The fraction of sp³-hybridized carbons (Fsp3) is 0.667. The van der Waals surface area contributed by atoms with Gasteiger partial charge in [0.2, 0.25) is 0 Å². The average Bonchev–Trinajstić information content (AvgIpc) is 2.50. The molecule has 1 rings (SSSR count). The Labute approximate surface area is 129 Å². The van der Waals surface area contributed by atoms with E-state index in [2.05, 4.69) is 6.92 Å². The van der Waals surface area contributed by atoms with E-state index in [1.807, 2.05) is 31.2 Å². The maximum absolute atomic E-state index is 10.4. The van der Waals surface area contributed by atoms with Crippen LogP contribution in [0.4, 0.5) is 0 Å². The van der Waals surface area contributed by atoms with Gasteiger partial charge < -0.3 is 15.6 Å². The Hall–Kier alpha value is -1.06. The zero-order valence-electron chi connectivity index (χ0n) is 13.6. The Morgan fingerprint density at radius 1 is 1.05 bits per heavy atom. The molecule has 2 unspecified atom stereocenters. The van der Waals surface area contributed by atoms with E-state index >= 15 is 0 Å². The van der Waals surface area contributed by atoms with Gasteiger partial charge in [-0.3, -0.25) is 0 Å². The van der Waals surface area contributed by atoms with E-state index < -0.39 is 0 Å². The van der Waals surface area contributed by atoms with Gasteiger partial charge in [0.1, 0.15) is 5.75 Å². The zero-order valence-corrected chi connectivity index (χ0v) is 13.6. The van der Waals surface area contributed by atoms with Crippen molar-refractivity contribution in [3.63, 3.8) is 0 Å². The number of benzene rings is 1. The van der Waals surface area contributed by atoms with Crippen molar-refractivity contribution in [2.45, 2.75) is 64.4 Å². The first-order chi connectivity index (χ1) is 10.2. The third-order valence-corrected chi connectivity index (χ3v) is 3.94. The summed E-state index contributed by atoms with van der Waals surface area (Å²) in [6, 6.07) is 7.94. The topological polar surface area (TPSA) is 55.5 Å². The minimum atomic E-state index is -0.352. The number of aliphatic hydroxyl groups is 1. The summed E-state index contributed by atoms with van der Waals surface area (Å²) in [5, 5.41) is 10.4. The molecule has 0 bridgehead atoms. The molecule has 0 heterocycles. The maximum atomic E-state index is 10.4. The highest BCUT2D eigenvalue weighted by molar-refractivity contribution is 5.30. The molecule has 3 heteroatoms. The van der Waals surface area contributed by atoms with Crippen LogP contribution in [0, 0.1) is 0 Å². The summed E-state index contributed by atoms with van der Waals surface area (Å²) < 4.78 is 5.44. The van der Waals surface area contributed by atoms with Gasteiger partial charge in [-0.25, -0.2) is 0 Å². The minimum Gasteiger partial charge on any atom is -0.494 e. The number of hydrogen-bond donors (Lipinski definition) is 2. The van der Waals surface area contributed by atoms with Crippen molar-refractivity contribution in [2.24, 2.45) is 5.73 Å². The smallest absolute Gasteiger partial charge is 0.119 e. The van der Waals surface area contributed by atoms with Crippen LogP contribution in [0.5, 0.6) is 5.75 Å². The Morgan fingerprint density at radius 3 is 2.29 bits per heavy atom. The molecule has 120 valence electrons. The van der Waals surface area contributed by atoms with E-state index in [1.165, 1.54) is 25.7 Å². The van der Waals surface area contributed by atoms with Gasteiger partial charge in [0.05, 0.1) is 12.7 Å². The van der Waals surface area contributed by atoms with Gasteiger partial charge >= 0.3 is 0 Å². The number of ether oxygens (including phenoxy) is 1. The highest BCUT2D eigenvalue weighted by Gasteiger charge is 2.19. The first-order valence-corrected chi connectivity index (χ1v) is 8.33. The first-order valence-electron chi connectivity index (χ1n) is 8.33. The summed E-state index contributed by atoms with van der Waals surface area (Å²) in [7, 11) is 0. The SMILES string of the molecule is CCCCCCCC(O)C(CN)c1ccc(OCC)cc1. The fourth-order valence-electron chi connectivity index (χ4n) is 2.65. The van der Waals surface area contributed by atoms with E-state index in [9.17, 15) is 5.11 Å². The van der Waals surface area contributed by atoms with Crippen molar-refractivity contribution < 1.29 is 9.84 Å². The van der Waals surface area contributed by atoms with Gasteiger partial charge in [-0.2, -0.15) is 0 Å². The van der Waals surface area contributed by atoms with E-state index in [4.69, 9.17) is 10.5 Å². The molecule has 0 aromatic heterocycles. The number of rotatable bonds is 11. The quantitative estimate of drug-likeness (QED) is 0.609. The molecule has 2 atom stereocenters. The normalized spacial score (nSPS) is 13.9. The molecule has 1 aromatic carbocycles. The van der Waals surface area contributed by atoms with E-state index in [1.54, 1.807) is 0 Å². The zero-order chi connectivity index (χ0) is 15.5. The molecular formula is C18H31NO2. The predicted octanol–water partition coefficient (Wildman–Crippen LogP) is 3.85. The Bertz CT molecular complexity index is 364. The molecule has 0 radical (unpaired) electrons. The Kier molecular flexibility index (Phi) is 9.11. The van der Waals surface area contributed by atoms with Crippen LogP contribution in [-0.2, 0) is 0 Å². The molecule has 3 N–H and O–H groups in total. The number of hydrogen-bond acceptors (Lipinski definition) is 3. The second-order valence-electron chi connectivity index (χ2n) is 5.61. The van der Waals surface area contributed by atoms with E-state index in [-0.39, 0.29) is 12.0 Å². The largest absolute Gasteiger partial charge is 0.494 e. The van der Waals surface area contributed by atoms with E-state index in [0.717, 1.165) is 24.2 Å². The van der Waals surface area contributed by atoms with E-state index in [0.29, 0.717) is 13.2 Å². The van der Waals surface area contributed by atoms with Crippen LogP contribution in [0.25, 0.3) is 0 Å². The predicted molar refractivity (Wildman–Crippen MR) is 88.8 cm³/mol. The van der Waals surface area contributed by atoms with Gasteiger partial charge in [0.15, 0.2) is 0 Å². The molecule has 0 spiro atoms. The lowest BCUT2D eigenvalue weighted by Crippen LogP contribution is -2.25. The number of nitrogens with two attached hydrogens (primary N) is 1. The molecular weight excluding hydrogens is 262 g/mol. The van der Waals surface area contributed by atoms with Crippen LogP contribution in [0.3, 0.4) is 0 Å². The highest BCUT2D eigenvalue weighted by Crippen LogP contribution is 2.24. The average molecular weight is 293 g/mol. The van der Waals surface area contributed by atoms with Crippen molar-refractivity contribution in [1.29, 1.82) is 0 Å². The third-order valence-electron chi connectivity index (χ3n) is 3.94. The van der Waals surface area contributed by atoms with Crippen molar-refractivity contribution in [1.82, 2.24) is 0 Å². The molecule has 0 saturated carbocycles. The summed E-state index contributed by atoms with van der Waals surface area (Å²) in [5.41, 5.74) is 6.96. The van der Waals surface area contributed by atoms with Gasteiger partial charge in [-0.05, 0) is 31.0 Å². The van der Waals surface area contributed by atoms with Crippen molar-refractivity contribution in [2.75, 3.05) is 13.2 Å². The lowest BCUT2D eigenvalue weighted by Gasteiger charge is -2.22. The summed E-state index contributed by atoms with van der Waals surface area (Å²) >= 11 is 0. The fourth-order valence-corrected chi connectivity index (χ4v) is 2.65. The van der Waals surface area contributed by atoms with Gasteiger partial charge in [-0.1, -0.05) is 51.2 Å². The standard InChI is InChI=1S/C18H31NO2/c1-3-5-6-7-8-9-18(20)17(14-19)15-10-12-16(13-11-15)21-4-2/h10-13,17-18,20H,3-9,14,19H2,1-2H3. The molecule has 1 aromatic rings. The molecule has 0 aliphatic heterocycles. The Morgan fingerprint density at radius 2 is 1.71 bits per heavy atom.